The second-order valence-electron chi connectivity index (χ2n) is 3.80. The molecule has 1 atom stereocenters. The van der Waals surface area contributed by atoms with Gasteiger partial charge in [-0.3, -0.25) is 9.59 Å². The van der Waals surface area contributed by atoms with Crippen LogP contribution in [0.15, 0.2) is 23.8 Å². The van der Waals surface area contributed by atoms with Crippen molar-refractivity contribution in [2.24, 2.45) is 5.92 Å². The number of carboxylic acids is 1. The average Bonchev–Trinajstić information content (AvgIpc) is 2.25. The van der Waals surface area contributed by atoms with Gasteiger partial charge in [-0.15, -0.1) is 0 Å². The number of carboxylic acid groups (broad SMARTS) is 1. The maximum absolute atomic E-state index is 11.0. The van der Waals surface area contributed by atoms with Crippen LogP contribution >= 0.6 is 11.8 Å². The second-order valence-corrected chi connectivity index (χ2v) is 5.00. The van der Waals surface area contributed by atoms with Crippen LogP contribution in [-0.4, -0.2) is 21.9 Å². The molecule has 4 heteroatoms. The van der Waals surface area contributed by atoms with Crippen molar-refractivity contribution in [2.45, 2.75) is 26.2 Å². The van der Waals surface area contributed by atoms with Gasteiger partial charge in [-0.25, -0.2) is 0 Å². The lowest BCUT2D eigenvalue weighted by Gasteiger charge is -2.13. The Labute approximate surface area is 99.6 Å². The maximum Gasteiger partial charge on any atom is 0.307 e. The lowest BCUT2D eigenvalue weighted by atomic mass is 9.97. The molecule has 0 aromatic carbocycles. The van der Waals surface area contributed by atoms with Gasteiger partial charge >= 0.3 is 5.97 Å². The highest BCUT2D eigenvalue weighted by atomic mass is 32.2. The van der Waals surface area contributed by atoms with E-state index in [2.05, 4.69) is 12.2 Å². The van der Waals surface area contributed by atoms with Gasteiger partial charge in [0, 0.05) is 12.7 Å². The Morgan fingerprint density at radius 1 is 1.50 bits per heavy atom. The summed E-state index contributed by atoms with van der Waals surface area (Å²) in [5.41, 5.74) is 1.07. The molecule has 16 heavy (non-hydrogen) atoms. The van der Waals surface area contributed by atoms with Crippen LogP contribution in [-0.2, 0) is 9.59 Å². The molecule has 0 saturated heterocycles. The average molecular weight is 240 g/mol. The molecule has 0 heterocycles. The first-order valence-corrected chi connectivity index (χ1v) is 6.30. The number of rotatable bonds is 5. The quantitative estimate of drug-likeness (QED) is 0.802. The van der Waals surface area contributed by atoms with Crippen LogP contribution in [0.25, 0.3) is 0 Å². The summed E-state index contributed by atoms with van der Waals surface area (Å²) in [6, 6.07) is 0. The van der Waals surface area contributed by atoms with Crippen LogP contribution in [0.4, 0.5) is 0 Å². The van der Waals surface area contributed by atoms with Gasteiger partial charge in [0.1, 0.15) is 0 Å². The fraction of sp³-hybridized carbons (Fsp3) is 0.500. The highest BCUT2D eigenvalue weighted by Gasteiger charge is 2.19. The van der Waals surface area contributed by atoms with E-state index in [9.17, 15) is 9.59 Å². The summed E-state index contributed by atoms with van der Waals surface area (Å²) in [6.45, 7) is 1.46. The third-order valence-corrected chi connectivity index (χ3v) is 3.37. The van der Waals surface area contributed by atoms with Crippen LogP contribution in [0.1, 0.15) is 26.2 Å². The van der Waals surface area contributed by atoms with E-state index in [1.165, 1.54) is 6.92 Å². The van der Waals surface area contributed by atoms with E-state index in [0.29, 0.717) is 12.2 Å². The van der Waals surface area contributed by atoms with Crippen LogP contribution in [0.5, 0.6) is 0 Å². The number of carbonyl (C=O) groups is 2. The van der Waals surface area contributed by atoms with E-state index in [1.807, 2.05) is 6.08 Å². The van der Waals surface area contributed by atoms with Gasteiger partial charge in [0.05, 0.1) is 5.92 Å². The molecule has 1 rings (SSSR count). The highest BCUT2D eigenvalue weighted by molar-refractivity contribution is 8.13. The third-order valence-electron chi connectivity index (χ3n) is 2.39. The zero-order valence-corrected chi connectivity index (χ0v) is 10.1. The molecule has 0 bridgehead atoms. The van der Waals surface area contributed by atoms with E-state index in [-0.39, 0.29) is 5.12 Å². The Morgan fingerprint density at radius 3 is 2.75 bits per heavy atom. The summed E-state index contributed by atoms with van der Waals surface area (Å²) in [7, 11) is 0. The predicted molar refractivity (Wildman–Crippen MR) is 65.3 cm³/mol. The summed E-state index contributed by atoms with van der Waals surface area (Å²) in [5.74, 6) is -0.938. The second kappa shape index (κ2) is 6.53. The fourth-order valence-corrected chi connectivity index (χ4v) is 2.24. The number of thioether (sulfide) groups is 1. The van der Waals surface area contributed by atoms with Gasteiger partial charge < -0.3 is 5.11 Å². The third kappa shape index (κ3) is 4.66. The Kier molecular flexibility index (Phi) is 5.32. The van der Waals surface area contributed by atoms with Crippen molar-refractivity contribution in [1.29, 1.82) is 0 Å². The molecule has 88 valence electrons. The first kappa shape index (κ1) is 13.0. The summed E-state index contributed by atoms with van der Waals surface area (Å²) in [5, 5.41) is 9.01. The Bertz CT molecular complexity index is 331. The molecule has 0 amide bonds. The fourth-order valence-electron chi connectivity index (χ4n) is 1.54. The van der Waals surface area contributed by atoms with Crippen LogP contribution in [0.2, 0.25) is 0 Å². The van der Waals surface area contributed by atoms with Crippen LogP contribution in [0, 0.1) is 5.92 Å². The van der Waals surface area contributed by atoms with Crippen LogP contribution in [0.3, 0.4) is 0 Å². The van der Waals surface area contributed by atoms with Gasteiger partial charge in [0.25, 0.3) is 0 Å². The molecule has 1 aliphatic rings. The molecule has 0 saturated carbocycles. The minimum atomic E-state index is -0.825. The first-order valence-electron chi connectivity index (χ1n) is 5.31. The molecule has 0 spiro atoms. The molecule has 0 aromatic heterocycles. The monoisotopic (exact) mass is 240 g/mol. The Morgan fingerprint density at radius 2 is 2.25 bits per heavy atom. The molecule has 3 nitrogen and oxygen atoms in total. The van der Waals surface area contributed by atoms with E-state index in [4.69, 9.17) is 5.11 Å². The lowest BCUT2D eigenvalue weighted by Crippen LogP contribution is -2.17. The minimum absolute atomic E-state index is 0.0283. The number of hydrogen-bond acceptors (Lipinski definition) is 3. The number of aliphatic carboxylic acids is 1. The van der Waals surface area contributed by atoms with Gasteiger partial charge in [-0.1, -0.05) is 35.6 Å². The van der Waals surface area contributed by atoms with Crippen molar-refractivity contribution in [3.8, 4) is 0 Å². The van der Waals surface area contributed by atoms with E-state index in [1.54, 1.807) is 0 Å². The summed E-state index contributed by atoms with van der Waals surface area (Å²) < 4.78 is 0. The molecule has 0 aliphatic heterocycles. The molecule has 0 radical (unpaired) electrons. The zero-order chi connectivity index (χ0) is 12.0. The minimum Gasteiger partial charge on any atom is -0.481 e. The van der Waals surface area contributed by atoms with Crippen molar-refractivity contribution in [2.75, 3.05) is 5.75 Å². The molecule has 1 N–H and O–H groups in total. The van der Waals surface area contributed by atoms with Crippen molar-refractivity contribution >= 4 is 22.8 Å². The molecule has 1 aliphatic carbocycles. The van der Waals surface area contributed by atoms with Crippen molar-refractivity contribution in [1.82, 2.24) is 0 Å². The molecular weight excluding hydrogens is 224 g/mol. The molecule has 0 fully saturated rings. The molecule has 1 unspecified atom stereocenters. The smallest absolute Gasteiger partial charge is 0.307 e. The SMILES string of the molecule is CC(=O)SCC(CC1=CCCC=C1)C(=O)O. The van der Waals surface area contributed by atoms with Crippen molar-refractivity contribution in [3.63, 3.8) is 0 Å². The highest BCUT2D eigenvalue weighted by Crippen LogP contribution is 2.21. The summed E-state index contributed by atoms with van der Waals surface area (Å²) in [4.78, 5) is 21.8. The summed E-state index contributed by atoms with van der Waals surface area (Å²) >= 11 is 1.09. The molecule has 0 aromatic rings. The normalized spacial score (nSPS) is 16.7. The molecular formula is C12H16O3S. The van der Waals surface area contributed by atoms with Gasteiger partial charge in [-0.05, 0) is 19.3 Å². The number of allylic oxidation sites excluding steroid dienone is 4. The van der Waals surface area contributed by atoms with Crippen LogP contribution < -0.4 is 0 Å². The first-order chi connectivity index (χ1) is 7.59. The van der Waals surface area contributed by atoms with E-state index in [0.717, 1.165) is 30.2 Å². The van der Waals surface area contributed by atoms with Crippen molar-refractivity contribution < 1.29 is 14.7 Å². The zero-order valence-electron chi connectivity index (χ0n) is 9.31. The largest absolute Gasteiger partial charge is 0.481 e. The van der Waals surface area contributed by atoms with E-state index >= 15 is 0 Å². The lowest BCUT2D eigenvalue weighted by molar-refractivity contribution is -0.140. The number of carbonyl (C=O) groups excluding carboxylic acids is 1. The number of hydrogen-bond donors (Lipinski definition) is 1. The van der Waals surface area contributed by atoms with Gasteiger partial charge in [0.15, 0.2) is 5.12 Å². The standard InChI is InChI=1S/C12H16O3S/c1-9(13)16-8-11(12(14)15)7-10-5-3-2-4-6-10/h3,5-6,11H,2,4,7-8H2,1H3,(H,14,15). The van der Waals surface area contributed by atoms with E-state index < -0.39 is 11.9 Å². The van der Waals surface area contributed by atoms with Gasteiger partial charge in [-0.2, -0.15) is 0 Å². The Hall–Kier alpha value is -1.03. The summed E-state index contributed by atoms with van der Waals surface area (Å²) in [6.07, 6.45) is 8.66. The topological polar surface area (TPSA) is 54.4 Å². The Balaban J connectivity index is 2.50. The van der Waals surface area contributed by atoms with Gasteiger partial charge in [0.2, 0.25) is 0 Å². The maximum atomic E-state index is 11.0. The predicted octanol–water partition coefficient (Wildman–Crippen LogP) is 2.63. The van der Waals surface area contributed by atoms with Crippen molar-refractivity contribution in [3.05, 3.63) is 23.8 Å².